The topological polar surface area (TPSA) is 66.9 Å². The first kappa shape index (κ1) is 14.4. The molecule has 18 heavy (non-hydrogen) atoms. The molecular weight excluding hydrogens is 228 g/mol. The van der Waals surface area contributed by atoms with Crippen molar-refractivity contribution in [1.29, 1.82) is 0 Å². The Labute approximate surface area is 108 Å². The van der Waals surface area contributed by atoms with Crippen molar-refractivity contribution in [3.63, 3.8) is 0 Å². The molecule has 1 aromatic rings. The maximum Gasteiger partial charge on any atom is 0.270 e. The zero-order valence-corrected chi connectivity index (χ0v) is 11.5. The Balaban J connectivity index is 2.66. The summed E-state index contributed by atoms with van der Waals surface area (Å²) in [7, 11) is 0. The monoisotopic (exact) mass is 250 g/mol. The lowest BCUT2D eigenvalue weighted by atomic mass is 10.2. The molecule has 0 aromatic carbocycles. The van der Waals surface area contributed by atoms with Crippen LogP contribution in [0.4, 0.5) is 5.82 Å². The van der Waals surface area contributed by atoms with Gasteiger partial charge in [-0.15, -0.1) is 0 Å². The molecule has 1 aromatic heterocycles. The molecule has 0 radical (unpaired) electrons. The second-order valence-electron chi connectivity index (χ2n) is 4.85. The van der Waals surface area contributed by atoms with Crippen molar-refractivity contribution in [2.24, 2.45) is 5.92 Å². The number of aromatic nitrogens is 2. The lowest BCUT2D eigenvalue weighted by Crippen LogP contribution is -2.28. The minimum absolute atomic E-state index is 0.154. The van der Waals surface area contributed by atoms with Crippen LogP contribution in [0, 0.1) is 5.92 Å². The van der Waals surface area contributed by atoms with Gasteiger partial charge in [-0.05, 0) is 19.3 Å². The smallest absolute Gasteiger partial charge is 0.270 e. The number of hydrogen-bond acceptors (Lipinski definition) is 4. The molecule has 0 aliphatic heterocycles. The first-order chi connectivity index (χ1) is 8.52. The molecule has 0 aliphatic rings. The summed E-state index contributed by atoms with van der Waals surface area (Å²) in [5.41, 5.74) is 0.399. The van der Waals surface area contributed by atoms with Crippen LogP contribution in [0.5, 0.6) is 0 Å². The molecule has 1 atom stereocenters. The van der Waals surface area contributed by atoms with E-state index in [0.717, 1.165) is 6.42 Å². The van der Waals surface area contributed by atoms with Crippen molar-refractivity contribution in [1.82, 2.24) is 15.3 Å². The Morgan fingerprint density at radius 3 is 2.67 bits per heavy atom. The fourth-order valence-corrected chi connectivity index (χ4v) is 1.30. The molecule has 0 spiro atoms. The molecule has 5 nitrogen and oxygen atoms in total. The van der Waals surface area contributed by atoms with Gasteiger partial charge in [-0.1, -0.05) is 20.8 Å². The first-order valence-corrected chi connectivity index (χ1v) is 6.39. The molecule has 0 bridgehead atoms. The van der Waals surface area contributed by atoms with E-state index in [-0.39, 0.29) is 5.91 Å². The number of amides is 1. The van der Waals surface area contributed by atoms with Crippen LogP contribution in [-0.4, -0.2) is 28.5 Å². The van der Waals surface area contributed by atoms with E-state index in [1.54, 1.807) is 6.07 Å². The molecule has 0 saturated heterocycles. The number of nitrogens with one attached hydrogen (secondary N) is 2. The summed E-state index contributed by atoms with van der Waals surface area (Å²) in [5.74, 6) is 0.959. The number of carbonyl (C=O) groups excluding carboxylic acids is 1. The van der Waals surface area contributed by atoms with E-state index >= 15 is 0 Å². The Hall–Kier alpha value is -1.65. The SMILES string of the molecule is CCC(C)Nc1cc(C(=O)NCC(C)C)ncn1. The lowest BCUT2D eigenvalue weighted by Gasteiger charge is -2.12. The van der Waals surface area contributed by atoms with Gasteiger partial charge in [0, 0.05) is 18.7 Å². The Kier molecular flexibility index (Phi) is 5.55. The fourth-order valence-electron chi connectivity index (χ4n) is 1.30. The first-order valence-electron chi connectivity index (χ1n) is 6.39. The fraction of sp³-hybridized carbons (Fsp3) is 0.615. The largest absolute Gasteiger partial charge is 0.368 e. The second kappa shape index (κ2) is 6.93. The van der Waals surface area contributed by atoms with Crippen LogP contribution in [-0.2, 0) is 0 Å². The highest BCUT2D eigenvalue weighted by Crippen LogP contribution is 2.07. The summed E-state index contributed by atoms with van der Waals surface area (Å²) in [5, 5.41) is 6.06. The number of rotatable bonds is 6. The second-order valence-corrected chi connectivity index (χ2v) is 4.85. The van der Waals surface area contributed by atoms with Crippen LogP contribution in [0.3, 0.4) is 0 Å². The average Bonchev–Trinajstić information content (AvgIpc) is 2.36. The third kappa shape index (κ3) is 4.69. The minimum Gasteiger partial charge on any atom is -0.368 e. The normalized spacial score (nSPS) is 12.3. The summed E-state index contributed by atoms with van der Waals surface area (Å²) in [6.07, 6.45) is 2.41. The van der Waals surface area contributed by atoms with Gasteiger partial charge in [0.2, 0.25) is 0 Å². The van der Waals surface area contributed by atoms with Crippen molar-refractivity contribution in [3.8, 4) is 0 Å². The van der Waals surface area contributed by atoms with Gasteiger partial charge in [0.15, 0.2) is 0 Å². The highest BCUT2D eigenvalue weighted by molar-refractivity contribution is 5.92. The average molecular weight is 250 g/mol. The van der Waals surface area contributed by atoms with Crippen LogP contribution in [0.1, 0.15) is 44.6 Å². The molecule has 2 N–H and O–H groups in total. The predicted molar refractivity (Wildman–Crippen MR) is 72.6 cm³/mol. The number of hydrogen-bond donors (Lipinski definition) is 2. The van der Waals surface area contributed by atoms with Crippen LogP contribution >= 0.6 is 0 Å². The van der Waals surface area contributed by atoms with E-state index in [0.29, 0.717) is 30.0 Å². The molecule has 100 valence electrons. The summed E-state index contributed by atoms with van der Waals surface area (Å²) in [6, 6.07) is 2.01. The Morgan fingerprint density at radius 2 is 2.06 bits per heavy atom. The van der Waals surface area contributed by atoms with Gasteiger partial charge in [-0.2, -0.15) is 0 Å². The van der Waals surface area contributed by atoms with Crippen LogP contribution in [0.2, 0.25) is 0 Å². The van der Waals surface area contributed by atoms with Crippen molar-refractivity contribution < 1.29 is 4.79 Å². The van der Waals surface area contributed by atoms with Gasteiger partial charge in [0.1, 0.15) is 17.8 Å². The quantitative estimate of drug-likeness (QED) is 0.811. The van der Waals surface area contributed by atoms with E-state index < -0.39 is 0 Å². The zero-order valence-electron chi connectivity index (χ0n) is 11.5. The standard InChI is InChI=1S/C13H22N4O/c1-5-10(4)17-12-6-11(15-8-16-12)13(18)14-7-9(2)3/h6,8-10H,5,7H2,1-4H3,(H,14,18)(H,15,16,17). The maximum absolute atomic E-state index is 11.8. The third-order valence-electron chi connectivity index (χ3n) is 2.58. The third-order valence-corrected chi connectivity index (χ3v) is 2.58. The van der Waals surface area contributed by atoms with Crippen molar-refractivity contribution in [2.75, 3.05) is 11.9 Å². The van der Waals surface area contributed by atoms with Gasteiger partial charge in [0.25, 0.3) is 5.91 Å². The molecule has 1 unspecified atom stereocenters. The lowest BCUT2D eigenvalue weighted by molar-refractivity contribution is 0.0944. The van der Waals surface area contributed by atoms with E-state index in [2.05, 4.69) is 48.3 Å². The molecule has 1 heterocycles. The highest BCUT2D eigenvalue weighted by Gasteiger charge is 2.09. The van der Waals surface area contributed by atoms with Crippen molar-refractivity contribution in [2.45, 2.75) is 40.2 Å². The van der Waals surface area contributed by atoms with E-state index in [9.17, 15) is 4.79 Å². The molecule has 0 aliphatic carbocycles. The van der Waals surface area contributed by atoms with Gasteiger partial charge < -0.3 is 10.6 Å². The molecule has 1 amide bonds. The summed E-state index contributed by atoms with van der Waals surface area (Å²) >= 11 is 0. The minimum atomic E-state index is -0.154. The summed E-state index contributed by atoms with van der Waals surface area (Å²) < 4.78 is 0. The number of anilines is 1. The van der Waals surface area contributed by atoms with Crippen LogP contribution in [0.25, 0.3) is 0 Å². The molecule has 0 fully saturated rings. The van der Waals surface area contributed by atoms with Crippen molar-refractivity contribution in [3.05, 3.63) is 18.1 Å². The summed E-state index contributed by atoms with van der Waals surface area (Å²) in [6.45, 7) is 8.92. The Bertz CT molecular complexity index is 392. The number of carbonyl (C=O) groups is 1. The van der Waals surface area contributed by atoms with Crippen LogP contribution < -0.4 is 10.6 Å². The number of nitrogens with zero attached hydrogens (tertiary/aromatic N) is 2. The van der Waals surface area contributed by atoms with E-state index in [1.165, 1.54) is 6.33 Å². The van der Waals surface area contributed by atoms with Gasteiger partial charge >= 0.3 is 0 Å². The van der Waals surface area contributed by atoms with Gasteiger partial charge in [-0.3, -0.25) is 4.79 Å². The van der Waals surface area contributed by atoms with Crippen molar-refractivity contribution >= 4 is 11.7 Å². The van der Waals surface area contributed by atoms with E-state index in [1.807, 2.05) is 0 Å². The molecule has 0 saturated carbocycles. The van der Waals surface area contributed by atoms with Gasteiger partial charge in [0.05, 0.1) is 0 Å². The maximum atomic E-state index is 11.8. The molecular formula is C13H22N4O. The van der Waals surface area contributed by atoms with Crippen LogP contribution in [0.15, 0.2) is 12.4 Å². The summed E-state index contributed by atoms with van der Waals surface area (Å²) in [4.78, 5) is 19.9. The molecule has 1 rings (SSSR count). The highest BCUT2D eigenvalue weighted by atomic mass is 16.1. The Morgan fingerprint density at radius 1 is 1.33 bits per heavy atom. The predicted octanol–water partition coefficient (Wildman–Crippen LogP) is 2.07. The van der Waals surface area contributed by atoms with E-state index in [4.69, 9.17) is 0 Å². The molecule has 5 heteroatoms. The van der Waals surface area contributed by atoms with Gasteiger partial charge in [-0.25, -0.2) is 9.97 Å². The zero-order chi connectivity index (χ0) is 13.5.